The second-order valence-electron chi connectivity index (χ2n) is 8.79. The Hall–Kier alpha value is -3.23. The molecule has 3 aromatic rings. The van der Waals surface area contributed by atoms with Crippen LogP contribution in [0.3, 0.4) is 0 Å². The summed E-state index contributed by atoms with van der Waals surface area (Å²) in [6.45, 7) is 3.94. The van der Waals surface area contributed by atoms with Crippen LogP contribution in [0.2, 0.25) is 5.02 Å². The van der Waals surface area contributed by atoms with Gasteiger partial charge >= 0.3 is 0 Å². The van der Waals surface area contributed by atoms with E-state index < -0.39 is 5.82 Å². The Balaban J connectivity index is 1.41. The van der Waals surface area contributed by atoms with Gasteiger partial charge in [0.1, 0.15) is 12.4 Å². The molecule has 1 aromatic carbocycles. The number of hydrogen-bond acceptors (Lipinski definition) is 6. The van der Waals surface area contributed by atoms with Crippen molar-refractivity contribution in [3.05, 3.63) is 53.6 Å². The number of nitrogens with one attached hydrogen (secondary N) is 2. The molecule has 0 bridgehead atoms. The van der Waals surface area contributed by atoms with E-state index in [2.05, 4.69) is 25.5 Å². The second-order valence-corrected chi connectivity index (χ2v) is 9.23. The lowest BCUT2D eigenvalue weighted by Crippen LogP contribution is -2.32. The molecule has 2 aliphatic heterocycles. The number of pyridine rings is 2. The van der Waals surface area contributed by atoms with E-state index in [-0.39, 0.29) is 5.91 Å². The fraction of sp³-hybridized carbons (Fsp3) is 0.346. The van der Waals surface area contributed by atoms with Crippen molar-refractivity contribution in [3.63, 3.8) is 0 Å². The van der Waals surface area contributed by atoms with Crippen LogP contribution in [0.25, 0.3) is 22.4 Å². The van der Waals surface area contributed by atoms with E-state index in [1.54, 1.807) is 24.5 Å². The summed E-state index contributed by atoms with van der Waals surface area (Å²) in [6.07, 6.45) is 7.40. The van der Waals surface area contributed by atoms with Gasteiger partial charge in [0.2, 0.25) is 5.91 Å². The van der Waals surface area contributed by atoms with E-state index in [1.807, 2.05) is 6.07 Å². The minimum Gasteiger partial charge on any atom is -0.487 e. The van der Waals surface area contributed by atoms with Gasteiger partial charge in [-0.1, -0.05) is 18.0 Å². The van der Waals surface area contributed by atoms with Gasteiger partial charge in [-0.15, -0.1) is 0 Å². The number of fused-ring (bicyclic) bond motifs is 1. The molecule has 0 aliphatic carbocycles. The van der Waals surface area contributed by atoms with Crippen LogP contribution >= 0.6 is 11.6 Å². The summed E-state index contributed by atoms with van der Waals surface area (Å²) in [5, 5.41) is 6.60. The number of carbonyl (C=O) groups is 1. The molecular weight excluding hydrogens is 469 g/mol. The lowest BCUT2D eigenvalue weighted by Gasteiger charge is -2.26. The van der Waals surface area contributed by atoms with Crippen LogP contribution in [-0.2, 0) is 4.79 Å². The second kappa shape index (κ2) is 10.6. The Kier molecular flexibility index (Phi) is 7.11. The molecule has 35 heavy (non-hydrogen) atoms. The number of ether oxygens (including phenoxy) is 1. The third kappa shape index (κ3) is 5.55. The molecule has 0 saturated carbocycles. The lowest BCUT2D eigenvalue weighted by atomic mass is 10.0. The van der Waals surface area contributed by atoms with Crippen molar-refractivity contribution in [2.75, 3.05) is 43.4 Å². The number of carbonyl (C=O) groups excluding carboxylic acids is 1. The molecule has 4 heterocycles. The van der Waals surface area contributed by atoms with Gasteiger partial charge in [-0.25, -0.2) is 9.37 Å². The number of hydrogen-bond donors (Lipinski definition) is 2. The molecule has 2 aromatic heterocycles. The van der Waals surface area contributed by atoms with Crippen molar-refractivity contribution in [2.24, 2.45) is 0 Å². The zero-order chi connectivity index (χ0) is 24.2. The lowest BCUT2D eigenvalue weighted by molar-refractivity contribution is -0.116. The zero-order valence-corrected chi connectivity index (χ0v) is 20.1. The summed E-state index contributed by atoms with van der Waals surface area (Å²) < 4.78 is 20.5. The monoisotopic (exact) mass is 495 g/mol. The van der Waals surface area contributed by atoms with Gasteiger partial charge in [-0.05, 0) is 56.3 Å². The van der Waals surface area contributed by atoms with Crippen LogP contribution in [0.15, 0.2) is 42.7 Å². The largest absolute Gasteiger partial charge is 0.487 e. The first-order valence-electron chi connectivity index (χ1n) is 11.9. The first-order valence-corrected chi connectivity index (χ1v) is 12.3. The molecule has 1 fully saturated rings. The van der Waals surface area contributed by atoms with Crippen molar-refractivity contribution < 1.29 is 13.9 Å². The predicted octanol–water partition coefficient (Wildman–Crippen LogP) is 5.22. The van der Waals surface area contributed by atoms with Crippen molar-refractivity contribution in [1.29, 1.82) is 0 Å². The van der Waals surface area contributed by atoms with E-state index in [4.69, 9.17) is 16.3 Å². The molecule has 1 saturated heterocycles. The number of halogens is 2. The molecule has 7 nitrogen and oxygen atoms in total. The minimum absolute atomic E-state index is 0.0501. The van der Waals surface area contributed by atoms with E-state index in [0.29, 0.717) is 58.7 Å². The topological polar surface area (TPSA) is 79.4 Å². The van der Waals surface area contributed by atoms with Crippen molar-refractivity contribution >= 4 is 29.0 Å². The number of rotatable bonds is 6. The quantitative estimate of drug-likeness (QED) is 0.488. The molecule has 0 atom stereocenters. The number of amides is 1. The predicted molar refractivity (Wildman–Crippen MR) is 135 cm³/mol. The summed E-state index contributed by atoms with van der Waals surface area (Å²) in [5.41, 5.74) is 2.74. The number of likely N-dealkylation sites (tertiary alicyclic amines) is 1. The minimum atomic E-state index is -0.419. The maximum Gasteiger partial charge on any atom is 0.225 e. The number of piperidine rings is 1. The first-order chi connectivity index (χ1) is 17.1. The maximum atomic E-state index is 14.6. The molecule has 0 spiro atoms. The summed E-state index contributed by atoms with van der Waals surface area (Å²) in [7, 11) is 0. The molecule has 2 aliphatic rings. The van der Waals surface area contributed by atoms with Gasteiger partial charge in [0, 0.05) is 40.9 Å². The molecule has 0 unspecified atom stereocenters. The fourth-order valence-corrected chi connectivity index (χ4v) is 4.66. The molecule has 182 valence electrons. The molecule has 1 amide bonds. The molecule has 0 radical (unpaired) electrons. The maximum absolute atomic E-state index is 14.6. The van der Waals surface area contributed by atoms with Crippen LogP contribution in [0.1, 0.15) is 25.7 Å². The fourth-order valence-electron chi connectivity index (χ4n) is 4.49. The summed E-state index contributed by atoms with van der Waals surface area (Å²) in [5.74, 6) is 0.625. The molecule has 2 N–H and O–H groups in total. The number of benzene rings is 1. The molecular formula is C26H27ClFN5O2. The summed E-state index contributed by atoms with van der Waals surface area (Å²) in [4.78, 5) is 23.8. The van der Waals surface area contributed by atoms with Crippen LogP contribution < -0.4 is 15.4 Å². The summed E-state index contributed by atoms with van der Waals surface area (Å²) in [6, 6.07) is 7.99. The van der Waals surface area contributed by atoms with Crippen LogP contribution in [0, 0.1) is 5.82 Å². The Morgan fingerprint density at radius 1 is 1.14 bits per heavy atom. The van der Waals surface area contributed by atoms with Gasteiger partial charge in [0.15, 0.2) is 11.6 Å². The van der Waals surface area contributed by atoms with Gasteiger partial charge in [0.25, 0.3) is 0 Å². The summed E-state index contributed by atoms with van der Waals surface area (Å²) >= 11 is 6.12. The SMILES string of the molecule is O=C(CCN1CCCCC1)Nc1cncc(-c2cc(-c3cc(Cl)ccc3F)nc3c2OCCN3)c1. The van der Waals surface area contributed by atoms with Crippen LogP contribution in [-0.4, -0.2) is 53.6 Å². The van der Waals surface area contributed by atoms with E-state index in [0.717, 1.165) is 25.2 Å². The zero-order valence-electron chi connectivity index (χ0n) is 19.3. The highest BCUT2D eigenvalue weighted by atomic mass is 35.5. The van der Waals surface area contributed by atoms with E-state index in [9.17, 15) is 9.18 Å². The highest BCUT2D eigenvalue weighted by Crippen LogP contribution is 2.41. The Morgan fingerprint density at radius 3 is 2.86 bits per heavy atom. The number of nitrogens with zero attached hydrogens (tertiary/aromatic N) is 3. The van der Waals surface area contributed by atoms with Crippen LogP contribution in [0.4, 0.5) is 15.9 Å². The molecule has 5 rings (SSSR count). The Bertz CT molecular complexity index is 1230. The average Bonchev–Trinajstić information content (AvgIpc) is 2.89. The van der Waals surface area contributed by atoms with Crippen molar-refractivity contribution in [2.45, 2.75) is 25.7 Å². The average molecular weight is 496 g/mol. The Morgan fingerprint density at radius 2 is 2.00 bits per heavy atom. The smallest absolute Gasteiger partial charge is 0.225 e. The number of anilines is 2. The van der Waals surface area contributed by atoms with Gasteiger partial charge in [-0.3, -0.25) is 9.78 Å². The van der Waals surface area contributed by atoms with Gasteiger partial charge in [0.05, 0.1) is 24.1 Å². The third-order valence-corrected chi connectivity index (χ3v) is 6.49. The third-order valence-electron chi connectivity index (χ3n) is 6.26. The number of aromatic nitrogens is 2. The van der Waals surface area contributed by atoms with E-state index >= 15 is 0 Å². The Labute approximate surface area is 208 Å². The molecule has 9 heteroatoms. The van der Waals surface area contributed by atoms with Gasteiger partial charge < -0.3 is 20.3 Å². The van der Waals surface area contributed by atoms with Crippen molar-refractivity contribution in [1.82, 2.24) is 14.9 Å². The first kappa shape index (κ1) is 23.5. The van der Waals surface area contributed by atoms with Crippen molar-refractivity contribution in [3.8, 4) is 28.1 Å². The highest BCUT2D eigenvalue weighted by molar-refractivity contribution is 6.30. The standard InChI is InChI=1S/C26H27ClFN5O2/c27-18-4-5-22(28)21(13-18)23-14-20(25-26(32-23)30-7-11-35-25)17-12-19(16-29-15-17)31-24(34)6-10-33-8-2-1-3-9-33/h4-5,12-16H,1-3,6-11H2,(H,30,32)(H,31,34). The van der Waals surface area contributed by atoms with Gasteiger partial charge in [-0.2, -0.15) is 0 Å². The normalized spacial score (nSPS) is 15.6. The highest BCUT2D eigenvalue weighted by Gasteiger charge is 2.21. The van der Waals surface area contributed by atoms with E-state index in [1.165, 1.54) is 31.4 Å². The van der Waals surface area contributed by atoms with Crippen LogP contribution in [0.5, 0.6) is 5.75 Å².